The van der Waals surface area contributed by atoms with Crippen molar-refractivity contribution in [3.8, 4) is 0 Å². The molecule has 0 aromatic heterocycles. The van der Waals surface area contributed by atoms with Gasteiger partial charge < -0.3 is 5.43 Å². The van der Waals surface area contributed by atoms with Crippen molar-refractivity contribution in [2.75, 3.05) is 0 Å². The second kappa shape index (κ2) is 2.30. The largest absolute Gasteiger partial charge is 0.326 e. The molecular formula is C5H8N4O. The van der Waals surface area contributed by atoms with E-state index >= 15 is 0 Å². The lowest BCUT2D eigenvalue weighted by molar-refractivity contribution is 0.00768. The fourth-order valence-corrected chi connectivity index (χ4v) is 0.836. The number of hydrazine groups is 2. The Morgan fingerprint density at radius 2 is 2.50 bits per heavy atom. The van der Waals surface area contributed by atoms with E-state index in [0.29, 0.717) is 0 Å². The zero-order valence-electron chi connectivity index (χ0n) is 5.22. The van der Waals surface area contributed by atoms with E-state index in [9.17, 15) is 0 Å². The Morgan fingerprint density at radius 1 is 1.50 bits per heavy atom. The smallest absolute Gasteiger partial charge is 0.189 e. The third-order valence-corrected chi connectivity index (χ3v) is 1.32. The fourth-order valence-electron chi connectivity index (χ4n) is 0.836. The Bertz CT molecular complexity index is 188. The van der Waals surface area contributed by atoms with Crippen molar-refractivity contribution >= 4 is 0 Å². The van der Waals surface area contributed by atoms with Crippen LogP contribution in [0, 0.1) is 0 Å². The minimum atomic E-state index is -0.130. The Balaban J connectivity index is 2.18. The molecule has 0 aliphatic carbocycles. The number of allylic oxidation sites excluding steroid dienone is 2. The molecular weight excluding hydrogens is 132 g/mol. The van der Waals surface area contributed by atoms with Gasteiger partial charge in [-0.3, -0.25) is 10.3 Å². The summed E-state index contributed by atoms with van der Waals surface area (Å²) < 4.78 is 0. The van der Waals surface area contributed by atoms with Crippen LogP contribution in [-0.4, -0.2) is 6.23 Å². The number of hydrogen-bond donors (Lipinski definition) is 4. The van der Waals surface area contributed by atoms with Crippen LogP contribution in [-0.2, 0) is 4.84 Å². The average Bonchev–Trinajstić information content (AvgIpc) is 2.28. The second-order valence-electron chi connectivity index (χ2n) is 1.99. The monoisotopic (exact) mass is 140 g/mol. The van der Waals surface area contributed by atoms with Crippen LogP contribution < -0.4 is 21.9 Å². The van der Waals surface area contributed by atoms with Crippen molar-refractivity contribution in [3.05, 3.63) is 24.0 Å². The zero-order valence-corrected chi connectivity index (χ0v) is 5.22. The molecule has 4 N–H and O–H groups in total. The molecule has 2 aliphatic rings. The predicted molar refractivity (Wildman–Crippen MR) is 34.6 cm³/mol. The van der Waals surface area contributed by atoms with Gasteiger partial charge in [0.25, 0.3) is 0 Å². The average molecular weight is 140 g/mol. The van der Waals surface area contributed by atoms with Gasteiger partial charge in [-0.25, -0.2) is 5.43 Å². The summed E-state index contributed by atoms with van der Waals surface area (Å²) in [6.45, 7) is 0. The summed E-state index contributed by atoms with van der Waals surface area (Å²) in [7, 11) is 0. The molecule has 0 saturated carbocycles. The first-order chi connectivity index (χ1) is 4.97. The molecule has 5 heteroatoms. The highest BCUT2D eigenvalue weighted by molar-refractivity contribution is 5.16. The molecule has 1 fully saturated rings. The molecule has 0 amide bonds. The predicted octanol–water partition coefficient (Wildman–Crippen LogP) is -1.14. The van der Waals surface area contributed by atoms with Crippen molar-refractivity contribution < 1.29 is 4.84 Å². The van der Waals surface area contributed by atoms with Crippen LogP contribution in [0.25, 0.3) is 0 Å². The van der Waals surface area contributed by atoms with Crippen molar-refractivity contribution in [1.82, 2.24) is 21.9 Å². The van der Waals surface area contributed by atoms with Crippen LogP contribution in [0.5, 0.6) is 0 Å². The first-order valence-electron chi connectivity index (χ1n) is 3.01. The van der Waals surface area contributed by atoms with Gasteiger partial charge in [0.2, 0.25) is 0 Å². The third-order valence-electron chi connectivity index (χ3n) is 1.32. The second-order valence-corrected chi connectivity index (χ2v) is 1.99. The highest BCUT2D eigenvalue weighted by Crippen LogP contribution is 2.04. The molecule has 1 atom stereocenters. The van der Waals surface area contributed by atoms with Gasteiger partial charge in [-0.05, 0) is 12.2 Å². The van der Waals surface area contributed by atoms with Crippen LogP contribution in [0.2, 0.25) is 0 Å². The maximum Gasteiger partial charge on any atom is 0.189 e. The van der Waals surface area contributed by atoms with Gasteiger partial charge in [-0.2, -0.15) is 0 Å². The number of hydrogen-bond acceptors (Lipinski definition) is 5. The molecule has 0 aromatic rings. The maximum absolute atomic E-state index is 4.99. The molecule has 2 rings (SSSR count). The van der Waals surface area contributed by atoms with Gasteiger partial charge in [-0.15, -0.1) is 5.59 Å². The molecule has 0 radical (unpaired) electrons. The minimum absolute atomic E-state index is 0.130. The molecule has 10 heavy (non-hydrogen) atoms. The van der Waals surface area contributed by atoms with Crippen LogP contribution in [0.3, 0.4) is 0 Å². The SMILES string of the molecule is C1=CNNC2ONNC2=C1. The third kappa shape index (κ3) is 0.860. The van der Waals surface area contributed by atoms with E-state index in [1.165, 1.54) is 0 Å². The van der Waals surface area contributed by atoms with Gasteiger partial charge in [0.1, 0.15) is 0 Å². The summed E-state index contributed by atoms with van der Waals surface area (Å²) >= 11 is 0. The normalized spacial score (nSPS) is 29.6. The molecule has 54 valence electrons. The topological polar surface area (TPSA) is 57.4 Å². The van der Waals surface area contributed by atoms with E-state index in [0.717, 1.165) is 5.70 Å². The lowest BCUT2D eigenvalue weighted by Crippen LogP contribution is -2.38. The van der Waals surface area contributed by atoms with E-state index in [-0.39, 0.29) is 6.23 Å². The Morgan fingerprint density at radius 3 is 3.50 bits per heavy atom. The van der Waals surface area contributed by atoms with Crippen molar-refractivity contribution in [2.45, 2.75) is 6.23 Å². The fraction of sp³-hybridized carbons (Fsp3) is 0.200. The Labute approximate surface area is 58.0 Å². The van der Waals surface area contributed by atoms with Crippen LogP contribution >= 0.6 is 0 Å². The molecule has 2 aliphatic heterocycles. The molecule has 1 unspecified atom stereocenters. The highest BCUT2D eigenvalue weighted by atomic mass is 16.7. The summed E-state index contributed by atoms with van der Waals surface area (Å²) in [5.41, 5.74) is 12.1. The first-order valence-corrected chi connectivity index (χ1v) is 3.01. The minimum Gasteiger partial charge on any atom is -0.326 e. The quantitative estimate of drug-likeness (QED) is 0.342. The van der Waals surface area contributed by atoms with Gasteiger partial charge in [-0.1, -0.05) is 0 Å². The Hall–Kier alpha value is -1.04. The van der Waals surface area contributed by atoms with Crippen molar-refractivity contribution in [1.29, 1.82) is 0 Å². The summed E-state index contributed by atoms with van der Waals surface area (Å²) in [6, 6.07) is 0. The van der Waals surface area contributed by atoms with E-state index < -0.39 is 0 Å². The molecule has 1 saturated heterocycles. The van der Waals surface area contributed by atoms with Gasteiger partial charge >= 0.3 is 0 Å². The zero-order chi connectivity index (χ0) is 6.81. The van der Waals surface area contributed by atoms with E-state index in [4.69, 9.17) is 4.84 Å². The summed E-state index contributed by atoms with van der Waals surface area (Å²) in [6.07, 6.45) is 5.45. The summed E-state index contributed by atoms with van der Waals surface area (Å²) in [5.74, 6) is 0. The van der Waals surface area contributed by atoms with E-state index in [1.54, 1.807) is 6.20 Å². The lowest BCUT2D eigenvalue weighted by atomic mass is 10.4. The van der Waals surface area contributed by atoms with E-state index in [1.807, 2.05) is 12.2 Å². The van der Waals surface area contributed by atoms with E-state index in [2.05, 4.69) is 21.9 Å². The first kappa shape index (κ1) is 5.72. The molecule has 0 bridgehead atoms. The number of rotatable bonds is 0. The number of fused-ring (bicyclic) bond motifs is 1. The molecule has 5 nitrogen and oxygen atoms in total. The standard InChI is InChI=1S/C5H8N4O/c1-2-4-5(8-6-3-1)10-9-7-4/h1-3,5-9H. The highest BCUT2D eigenvalue weighted by Gasteiger charge is 2.20. The molecule has 2 heterocycles. The van der Waals surface area contributed by atoms with Crippen LogP contribution in [0.4, 0.5) is 0 Å². The van der Waals surface area contributed by atoms with Gasteiger partial charge in [0.15, 0.2) is 6.23 Å². The molecule has 0 aromatic carbocycles. The van der Waals surface area contributed by atoms with Gasteiger partial charge in [0, 0.05) is 6.20 Å². The Kier molecular flexibility index (Phi) is 1.31. The van der Waals surface area contributed by atoms with Crippen molar-refractivity contribution in [3.63, 3.8) is 0 Å². The van der Waals surface area contributed by atoms with Crippen LogP contribution in [0.15, 0.2) is 24.0 Å². The lowest BCUT2D eigenvalue weighted by Gasteiger charge is -2.07. The molecule has 0 spiro atoms. The maximum atomic E-state index is 4.99. The summed E-state index contributed by atoms with van der Waals surface area (Å²) in [4.78, 5) is 4.99. The van der Waals surface area contributed by atoms with Crippen LogP contribution in [0.1, 0.15) is 0 Å². The summed E-state index contributed by atoms with van der Waals surface area (Å²) in [5, 5.41) is 0. The van der Waals surface area contributed by atoms with Crippen molar-refractivity contribution in [2.24, 2.45) is 0 Å². The number of nitrogens with one attached hydrogen (secondary N) is 4. The van der Waals surface area contributed by atoms with Gasteiger partial charge in [0.05, 0.1) is 5.70 Å².